The first-order chi connectivity index (χ1) is 13.5. The fraction of sp³-hybridized carbons (Fsp3) is 0.263. The molecule has 0 bridgehead atoms. The molecule has 7 nitrogen and oxygen atoms in total. The highest BCUT2D eigenvalue weighted by molar-refractivity contribution is 7.99. The number of hydrogen-bond donors (Lipinski definition) is 2. The van der Waals surface area contributed by atoms with Gasteiger partial charge in [-0.1, -0.05) is 30.8 Å². The summed E-state index contributed by atoms with van der Waals surface area (Å²) < 4.78 is 1.88. The Hall–Kier alpha value is -2.65. The monoisotopic (exact) mass is 415 g/mol. The maximum absolute atomic E-state index is 12.4. The predicted molar refractivity (Wildman–Crippen MR) is 114 cm³/mol. The lowest BCUT2D eigenvalue weighted by atomic mass is 10.1. The zero-order valence-electron chi connectivity index (χ0n) is 15.9. The van der Waals surface area contributed by atoms with Crippen molar-refractivity contribution in [3.63, 3.8) is 0 Å². The zero-order chi connectivity index (χ0) is 20.1. The Morgan fingerprint density at radius 1 is 1.18 bits per heavy atom. The SMILES string of the molecule is CCC(=O)Nc1ccc(C)c(NC(=O)CSc2nnc(-c3cccs3)n2C)c1. The topological polar surface area (TPSA) is 88.9 Å². The average molecular weight is 416 g/mol. The van der Waals surface area contributed by atoms with Crippen molar-refractivity contribution in [1.82, 2.24) is 14.8 Å². The third-order valence-corrected chi connectivity index (χ3v) is 5.91. The van der Waals surface area contributed by atoms with Gasteiger partial charge in [0.2, 0.25) is 11.8 Å². The van der Waals surface area contributed by atoms with E-state index in [0.717, 1.165) is 16.3 Å². The summed E-state index contributed by atoms with van der Waals surface area (Å²) in [5.41, 5.74) is 2.26. The summed E-state index contributed by atoms with van der Waals surface area (Å²) in [6.07, 6.45) is 0.400. The average Bonchev–Trinajstić information content (AvgIpc) is 3.32. The largest absolute Gasteiger partial charge is 0.326 e. The summed E-state index contributed by atoms with van der Waals surface area (Å²) in [6.45, 7) is 3.70. The van der Waals surface area contributed by atoms with Crippen LogP contribution in [0.4, 0.5) is 11.4 Å². The molecule has 0 fully saturated rings. The van der Waals surface area contributed by atoms with Crippen molar-refractivity contribution >= 4 is 46.3 Å². The molecule has 2 amide bonds. The summed E-state index contributed by atoms with van der Waals surface area (Å²) in [7, 11) is 1.89. The molecule has 1 aromatic carbocycles. The smallest absolute Gasteiger partial charge is 0.234 e. The minimum Gasteiger partial charge on any atom is -0.326 e. The number of nitrogens with zero attached hydrogens (tertiary/aromatic N) is 3. The number of hydrogen-bond acceptors (Lipinski definition) is 6. The molecule has 0 aliphatic heterocycles. The fourth-order valence-corrected chi connectivity index (χ4v) is 3.92. The molecule has 0 aliphatic rings. The summed E-state index contributed by atoms with van der Waals surface area (Å²) in [4.78, 5) is 25.0. The Labute approximate surface area is 171 Å². The van der Waals surface area contributed by atoms with Crippen molar-refractivity contribution in [2.24, 2.45) is 7.05 Å². The molecule has 9 heteroatoms. The van der Waals surface area contributed by atoms with Crippen molar-refractivity contribution in [2.75, 3.05) is 16.4 Å². The standard InChI is InChI=1S/C19H21N5O2S2/c1-4-16(25)20-13-8-7-12(2)14(10-13)21-17(26)11-28-19-23-22-18(24(19)3)15-6-5-9-27-15/h5-10H,4,11H2,1-3H3,(H,20,25)(H,21,26). The Balaban J connectivity index is 1.62. The number of rotatable bonds is 7. The maximum atomic E-state index is 12.4. The number of benzene rings is 1. The number of thiophene rings is 1. The van der Waals surface area contributed by atoms with Crippen LogP contribution < -0.4 is 10.6 Å². The van der Waals surface area contributed by atoms with Gasteiger partial charge < -0.3 is 15.2 Å². The highest BCUT2D eigenvalue weighted by Crippen LogP contribution is 2.26. The lowest BCUT2D eigenvalue weighted by Gasteiger charge is -2.11. The van der Waals surface area contributed by atoms with E-state index in [1.165, 1.54) is 11.8 Å². The van der Waals surface area contributed by atoms with Crippen LogP contribution in [0.25, 0.3) is 10.7 Å². The molecular formula is C19H21N5O2S2. The minimum absolute atomic E-state index is 0.0690. The van der Waals surface area contributed by atoms with Crippen LogP contribution in [-0.2, 0) is 16.6 Å². The van der Waals surface area contributed by atoms with Gasteiger partial charge in [0.05, 0.1) is 10.6 Å². The molecular weight excluding hydrogens is 394 g/mol. The first kappa shape index (κ1) is 20.1. The fourth-order valence-electron chi connectivity index (χ4n) is 2.46. The van der Waals surface area contributed by atoms with Crippen molar-refractivity contribution in [1.29, 1.82) is 0 Å². The predicted octanol–water partition coefficient (Wildman–Crippen LogP) is 3.93. The minimum atomic E-state index is -0.146. The number of aromatic nitrogens is 3. The summed E-state index contributed by atoms with van der Waals surface area (Å²) in [6, 6.07) is 9.41. The summed E-state index contributed by atoms with van der Waals surface area (Å²) >= 11 is 2.93. The van der Waals surface area contributed by atoms with Crippen LogP contribution >= 0.6 is 23.1 Å². The molecule has 2 heterocycles. The van der Waals surface area contributed by atoms with Crippen LogP contribution in [0.5, 0.6) is 0 Å². The van der Waals surface area contributed by atoms with E-state index in [1.54, 1.807) is 24.3 Å². The van der Waals surface area contributed by atoms with Crippen molar-refractivity contribution < 1.29 is 9.59 Å². The van der Waals surface area contributed by atoms with E-state index in [9.17, 15) is 9.59 Å². The van der Waals surface area contributed by atoms with E-state index in [2.05, 4.69) is 20.8 Å². The van der Waals surface area contributed by atoms with E-state index >= 15 is 0 Å². The van der Waals surface area contributed by atoms with Gasteiger partial charge in [-0.05, 0) is 36.1 Å². The van der Waals surface area contributed by atoms with Crippen LogP contribution in [0.2, 0.25) is 0 Å². The van der Waals surface area contributed by atoms with Gasteiger partial charge in [-0.2, -0.15) is 0 Å². The number of amides is 2. The van der Waals surface area contributed by atoms with Gasteiger partial charge in [-0.25, -0.2) is 0 Å². The molecule has 0 unspecified atom stereocenters. The van der Waals surface area contributed by atoms with Crippen LogP contribution in [0.1, 0.15) is 18.9 Å². The van der Waals surface area contributed by atoms with Crippen LogP contribution in [0, 0.1) is 6.92 Å². The Morgan fingerprint density at radius 3 is 2.71 bits per heavy atom. The molecule has 0 saturated heterocycles. The Kier molecular flexibility index (Phi) is 6.48. The van der Waals surface area contributed by atoms with Gasteiger partial charge in [-0.15, -0.1) is 21.5 Å². The first-order valence-corrected chi connectivity index (χ1v) is 10.6. The van der Waals surface area contributed by atoms with Gasteiger partial charge in [0, 0.05) is 24.8 Å². The molecule has 0 saturated carbocycles. The molecule has 0 atom stereocenters. The third-order valence-electron chi connectivity index (χ3n) is 4.03. The molecule has 0 aliphatic carbocycles. The molecule has 28 heavy (non-hydrogen) atoms. The van der Waals surface area contributed by atoms with E-state index in [-0.39, 0.29) is 17.6 Å². The third kappa shape index (κ3) is 4.79. The van der Waals surface area contributed by atoms with E-state index in [1.807, 2.05) is 48.2 Å². The number of nitrogens with one attached hydrogen (secondary N) is 2. The molecule has 0 spiro atoms. The van der Waals surface area contributed by atoms with Gasteiger partial charge in [0.1, 0.15) is 0 Å². The highest BCUT2D eigenvalue weighted by atomic mass is 32.2. The van der Waals surface area contributed by atoms with Crippen molar-refractivity contribution in [2.45, 2.75) is 25.4 Å². The molecule has 3 rings (SSSR count). The van der Waals surface area contributed by atoms with Gasteiger partial charge in [0.25, 0.3) is 0 Å². The normalized spacial score (nSPS) is 10.7. The second kappa shape index (κ2) is 9.03. The number of carbonyl (C=O) groups is 2. The second-order valence-corrected chi connectivity index (χ2v) is 8.00. The lowest BCUT2D eigenvalue weighted by Crippen LogP contribution is -2.16. The van der Waals surface area contributed by atoms with E-state index in [4.69, 9.17) is 0 Å². The highest BCUT2D eigenvalue weighted by Gasteiger charge is 2.14. The number of anilines is 2. The molecule has 146 valence electrons. The molecule has 2 aromatic heterocycles. The van der Waals surface area contributed by atoms with Crippen LogP contribution in [-0.4, -0.2) is 32.3 Å². The Bertz CT molecular complexity index is 982. The summed E-state index contributed by atoms with van der Waals surface area (Å²) in [5.74, 6) is 0.780. The number of thioether (sulfide) groups is 1. The first-order valence-electron chi connectivity index (χ1n) is 8.74. The summed E-state index contributed by atoms with van der Waals surface area (Å²) in [5, 5.41) is 16.8. The second-order valence-electron chi connectivity index (χ2n) is 6.11. The van der Waals surface area contributed by atoms with Crippen molar-refractivity contribution in [3.05, 3.63) is 41.3 Å². The van der Waals surface area contributed by atoms with Crippen LogP contribution in [0.3, 0.4) is 0 Å². The van der Waals surface area contributed by atoms with Crippen LogP contribution in [0.15, 0.2) is 40.9 Å². The quantitative estimate of drug-likeness (QED) is 0.571. The van der Waals surface area contributed by atoms with Gasteiger partial charge in [0.15, 0.2) is 11.0 Å². The van der Waals surface area contributed by atoms with E-state index < -0.39 is 0 Å². The zero-order valence-corrected chi connectivity index (χ0v) is 17.5. The number of aryl methyl sites for hydroxylation is 1. The molecule has 3 aromatic rings. The van der Waals surface area contributed by atoms with Gasteiger partial charge >= 0.3 is 0 Å². The Morgan fingerprint density at radius 2 is 2.00 bits per heavy atom. The molecule has 0 radical (unpaired) electrons. The molecule has 2 N–H and O–H groups in total. The number of carbonyl (C=O) groups excluding carboxylic acids is 2. The van der Waals surface area contributed by atoms with Gasteiger partial charge in [-0.3, -0.25) is 9.59 Å². The van der Waals surface area contributed by atoms with Crippen molar-refractivity contribution in [3.8, 4) is 10.7 Å². The maximum Gasteiger partial charge on any atom is 0.234 e. The van der Waals surface area contributed by atoms with E-state index in [0.29, 0.717) is 23.0 Å². The lowest BCUT2D eigenvalue weighted by molar-refractivity contribution is -0.116.